The standard InChI is InChI=1S/C28H17NO2S4/c30-29(31)20-10-7-18(8-11-20)5-6-19-9-12-23-24(17-19)26(28-34-15-16-35-28)22-4-2-1-3-21(22)25(23)27-32-13-14-33-27/h1-17H/b6-5-. The maximum absolute atomic E-state index is 10.9. The van der Waals surface area contributed by atoms with Crippen molar-refractivity contribution in [3.63, 3.8) is 0 Å². The van der Waals surface area contributed by atoms with Crippen LogP contribution in [0.5, 0.6) is 0 Å². The molecule has 0 spiro atoms. The van der Waals surface area contributed by atoms with E-state index < -0.39 is 0 Å². The third-order valence-corrected chi connectivity index (χ3v) is 10.1. The summed E-state index contributed by atoms with van der Waals surface area (Å²) in [7, 11) is 0. The van der Waals surface area contributed by atoms with Gasteiger partial charge in [0.2, 0.25) is 0 Å². The van der Waals surface area contributed by atoms with Gasteiger partial charge in [-0.05, 0) is 72.5 Å². The van der Waals surface area contributed by atoms with Crippen LogP contribution in [-0.2, 0) is 0 Å². The first-order valence-corrected chi connectivity index (χ1v) is 14.3. The van der Waals surface area contributed by atoms with Gasteiger partial charge in [-0.2, -0.15) is 0 Å². The minimum Gasteiger partial charge on any atom is -0.258 e. The summed E-state index contributed by atoms with van der Waals surface area (Å²) in [4.78, 5) is 10.6. The second kappa shape index (κ2) is 9.66. The van der Waals surface area contributed by atoms with E-state index >= 15 is 0 Å². The summed E-state index contributed by atoms with van der Waals surface area (Å²) in [6.07, 6.45) is 4.08. The van der Waals surface area contributed by atoms with Crippen LogP contribution in [-0.4, -0.2) is 4.92 Å². The van der Waals surface area contributed by atoms with Gasteiger partial charge in [0.15, 0.2) is 0 Å². The Kier molecular flexibility index (Phi) is 6.24. The molecule has 0 fully saturated rings. The van der Waals surface area contributed by atoms with E-state index in [1.165, 1.54) is 52.6 Å². The van der Waals surface area contributed by atoms with Gasteiger partial charge in [0, 0.05) is 22.6 Å². The molecule has 0 radical (unpaired) electrons. The van der Waals surface area contributed by atoms with Gasteiger partial charge in [-0.3, -0.25) is 10.1 Å². The van der Waals surface area contributed by atoms with Gasteiger partial charge < -0.3 is 0 Å². The topological polar surface area (TPSA) is 43.1 Å². The summed E-state index contributed by atoms with van der Waals surface area (Å²) in [6, 6.07) is 22.0. The van der Waals surface area contributed by atoms with Crippen molar-refractivity contribution >= 4 is 94.9 Å². The van der Waals surface area contributed by atoms with Crippen LogP contribution in [0.25, 0.3) is 42.2 Å². The molecule has 0 bridgehead atoms. The first-order chi connectivity index (χ1) is 17.2. The van der Waals surface area contributed by atoms with Crippen LogP contribution in [0, 0.1) is 10.1 Å². The summed E-state index contributed by atoms with van der Waals surface area (Å²) in [5, 5.41) is 27.2. The van der Waals surface area contributed by atoms with E-state index in [0.29, 0.717) is 0 Å². The largest absolute Gasteiger partial charge is 0.269 e. The summed E-state index contributed by atoms with van der Waals surface area (Å²) in [5.41, 5.74) is 2.12. The Balaban J connectivity index is 1.59. The smallest absolute Gasteiger partial charge is 0.258 e. The van der Waals surface area contributed by atoms with Gasteiger partial charge >= 0.3 is 0 Å². The van der Waals surface area contributed by atoms with Crippen molar-refractivity contribution in [2.24, 2.45) is 0 Å². The van der Waals surface area contributed by atoms with Crippen molar-refractivity contribution in [2.45, 2.75) is 0 Å². The fourth-order valence-corrected chi connectivity index (χ4v) is 8.13. The lowest BCUT2D eigenvalue weighted by molar-refractivity contribution is -0.384. The molecule has 7 heteroatoms. The van der Waals surface area contributed by atoms with Crippen molar-refractivity contribution in [2.75, 3.05) is 0 Å². The number of nitro groups is 1. The number of hydrogen-bond donors (Lipinski definition) is 0. The molecule has 2 heterocycles. The maximum Gasteiger partial charge on any atom is 0.269 e. The first kappa shape index (κ1) is 22.6. The summed E-state index contributed by atoms with van der Waals surface area (Å²) in [6.45, 7) is 0. The van der Waals surface area contributed by atoms with E-state index in [1.807, 2.05) is 6.08 Å². The molecular formula is C28H17NO2S4. The molecule has 0 aliphatic carbocycles. The van der Waals surface area contributed by atoms with Crippen molar-refractivity contribution in [3.05, 3.63) is 120 Å². The number of non-ortho nitro benzene ring substituents is 1. The Labute approximate surface area is 218 Å². The SMILES string of the molecule is O=[N+]([O-])c1ccc(/C=C\c2ccc3c(=C4SC=CS4)c4ccccc4c(=C4SC=CS4)c3c2)cc1. The summed E-state index contributed by atoms with van der Waals surface area (Å²) in [5.74, 6) is 0. The van der Waals surface area contributed by atoms with Crippen molar-refractivity contribution in [3.8, 4) is 0 Å². The van der Waals surface area contributed by atoms with Crippen LogP contribution in [0.3, 0.4) is 0 Å². The normalized spacial score (nSPS) is 15.3. The number of rotatable bonds is 3. The van der Waals surface area contributed by atoms with E-state index in [1.54, 1.807) is 59.2 Å². The van der Waals surface area contributed by atoms with Crippen LogP contribution in [0.4, 0.5) is 5.69 Å². The fourth-order valence-electron chi connectivity index (χ4n) is 4.29. The minimum absolute atomic E-state index is 0.101. The molecule has 3 nitrogen and oxygen atoms in total. The van der Waals surface area contributed by atoms with Crippen molar-refractivity contribution in [1.29, 1.82) is 0 Å². The number of hydrogen-bond acceptors (Lipinski definition) is 6. The highest BCUT2D eigenvalue weighted by atomic mass is 32.2. The Morgan fingerprint density at radius 2 is 1.09 bits per heavy atom. The number of nitro benzene ring substituents is 1. The van der Waals surface area contributed by atoms with Crippen molar-refractivity contribution in [1.82, 2.24) is 0 Å². The van der Waals surface area contributed by atoms with Gasteiger partial charge in [0.25, 0.3) is 5.69 Å². The zero-order valence-electron chi connectivity index (χ0n) is 18.2. The van der Waals surface area contributed by atoms with E-state index in [-0.39, 0.29) is 10.6 Å². The summed E-state index contributed by atoms with van der Waals surface area (Å²) < 4.78 is 2.60. The molecule has 2 aliphatic rings. The molecular weight excluding hydrogens is 511 g/mol. The van der Waals surface area contributed by atoms with Crippen LogP contribution in [0.2, 0.25) is 0 Å². The second-order valence-electron chi connectivity index (χ2n) is 7.87. The van der Waals surface area contributed by atoms with Gasteiger partial charge in [0.05, 0.1) is 13.4 Å². The second-order valence-corrected chi connectivity index (χ2v) is 12.1. The monoisotopic (exact) mass is 527 g/mol. The predicted octanol–water partition coefficient (Wildman–Crippen LogP) is 8.11. The third kappa shape index (κ3) is 4.34. The first-order valence-electron chi connectivity index (χ1n) is 10.8. The molecule has 4 aromatic carbocycles. The van der Waals surface area contributed by atoms with Crippen LogP contribution < -0.4 is 10.4 Å². The van der Waals surface area contributed by atoms with E-state index in [9.17, 15) is 10.1 Å². The molecule has 6 rings (SSSR count). The number of thioether (sulfide) groups is 4. The molecule has 0 N–H and O–H groups in total. The highest BCUT2D eigenvalue weighted by molar-refractivity contribution is 8.35. The minimum atomic E-state index is -0.375. The van der Waals surface area contributed by atoms with E-state index in [0.717, 1.165) is 11.1 Å². The zero-order chi connectivity index (χ0) is 23.8. The lowest BCUT2D eigenvalue weighted by Crippen LogP contribution is -2.16. The molecule has 35 heavy (non-hydrogen) atoms. The lowest BCUT2D eigenvalue weighted by atomic mass is 9.97. The van der Waals surface area contributed by atoms with E-state index in [4.69, 9.17) is 0 Å². The maximum atomic E-state index is 10.9. The van der Waals surface area contributed by atoms with E-state index in [2.05, 4.69) is 70.2 Å². The van der Waals surface area contributed by atoms with Crippen LogP contribution in [0.1, 0.15) is 11.1 Å². The molecule has 2 aliphatic heterocycles. The van der Waals surface area contributed by atoms with Gasteiger partial charge in [-0.1, -0.05) is 95.6 Å². The number of fused-ring (bicyclic) bond motifs is 2. The Morgan fingerprint density at radius 3 is 1.66 bits per heavy atom. The molecule has 0 saturated heterocycles. The van der Waals surface area contributed by atoms with Crippen molar-refractivity contribution < 1.29 is 4.92 Å². The molecule has 0 unspecified atom stereocenters. The zero-order valence-corrected chi connectivity index (χ0v) is 21.5. The highest BCUT2D eigenvalue weighted by Gasteiger charge is 2.15. The average Bonchev–Trinajstić information content (AvgIpc) is 3.61. The van der Waals surface area contributed by atoms with Gasteiger partial charge in [-0.25, -0.2) is 0 Å². The molecule has 0 atom stereocenters. The van der Waals surface area contributed by atoms with Crippen LogP contribution in [0.15, 0.2) is 88.4 Å². The molecule has 0 amide bonds. The Hall–Kier alpha value is -2.84. The van der Waals surface area contributed by atoms with Crippen LogP contribution >= 0.6 is 47.0 Å². The van der Waals surface area contributed by atoms with Gasteiger partial charge in [-0.15, -0.1) is 0 Å². The molecule has 4 aromatic rings. The molecule has 170 valence electrons. The van der Waals surface area contributed by atoms with Gasteiger partial charge in [0.1, 0.15) is 0 Å². The predicted molar refractivity (Wildman–Crippen MR) is 158 cm³/mol. The third-order valence-electron chi connectivity index (χ3n) is 5.84. The number of nitrogens with zero attached hydrogens (tertiary/aromatic N) is 1. The Bertz CT molecular complexity index is 1700. The summed E-state index contributed by atoms with van der Waals surface area (Å²) >= 11 is 7.13. The number of benzene rings is 4. The fraction of sp³-hybridized carbons (Fsp3) is 0. The highest BCUT2D eigenvalue weighted by Crippen LogP contribution is 2.41. The Morgan fingerprint density at radius 1 is 0.600 bits per heavy atom. The lowest BCUT2D eigenvalue weighted by Gasteiger charge is -2.12. The quantitative estimate of drug-likeness (QED) is 0.116. The molecule has 0 saturated carbocycles. The average molecular weight is 528 g/mol. The molecule has 0 aromatic heterocycles.